The lowest BCUT2D eigenvalue weighted by Gasteiger charge is -2.41. The highest BCUT2D eigenvalue weighted by Crippen LogP contribution is 2.33. The van der Waals surface area contributed by atoms with Crippen LogP contribution in [-0.4, -0.2) is 84.1 Å². The molecule has 0 amide bonds. The Morgan fingerprint density at radius 2 is 0.470 bits per heavy atom. The second-order valence-corrected chi connectivity index (χ2v) is 20.5. The van der Waals surface area contributed by atoms with Gasteiger partial charge in [-0.2, -0.15) is 0 Å². The Morgan fingerprint density at radius 3 is 0.652 bits per heavy atom. The van der Waals surface area contributed by atoms with Crippen LogP contribution in [0.25, 0.3) is 0 Å². The van der Waals surface area contributed by atoms with E-state index in [4.69, 9.17) is 0 Å². The summed E-state index contributed by atoms with van der Waals surface area (Å²) in [5.41, 5.74) is -7.11. The zero-order valence-corrected chi connectivity index (χ0v) is 43.7. The number of rotatable bonds is 53. The standard InChI is InChI=1S/C57H110O9/c1-4-7-10-13-16-19-22-25-28-31-34-37-40-43-46-50(59)53(62)56(65,49-58)57(66,54(63)51(60)47-44-41-38-35-32-29-26-23-20-17-14-11-8-5-2)55(64)52(61)48-45-42-39-36-33-30-27-24-21-18-15-12-9-6-3/h50-52,58-61,65-66H,4-49H2,1-3H3. The molecule has 0 spiro atoms. The molecule has 0 saturated heterocycles. The summed E-state index contributed by atoms with van der Waals surface area (Å²) in [4.78, 5) is 41.7. The molecule has 0 aliphatic rings. The molecule has 0 aromatic rings. The molecule has 9 heteroatoms. The van der Waals surface area contributed by atoms with Gasteiger partial charge in [0, 0.05) is 0 Å². The summed E-state index contributed by atoms with van der Waals surface area (Å²) in [5.74, 6) is -4.53. The van der Waals surface area contributed by atoms with E-state index >= 15 is 0 Å². The molecule has 4 atom stereocenters. The SMILES string of the molecule is CCCCCCCCCCCCCCCCC(O)C(=O)C(O)(CO)C(O)(C(=O)C(O)CCCCCCCCCCCCCCCC)C(=O)C(O)CCCCCCCCCCCCCCCC. The van der Waals surface area contributed by atoms with Crippen molar-refractivity contribution in [3.63, 3.8) is 0 Å². The van der Waals surface area contributed by atoms with E-state index in [1.165, 1.54) is 173 Å². The number of aliphatic hydroxyl groups is 6. The smallest absolute Gasteiger partial charge is 0.225 e. The number of ketones is 3. The fourth-order valence-corrected chi connectivity index (χ4v) is 9.65. The Bertz CT molecular complexity index is 1060. The van der Waals surface area contributed by atoms with Crippen LogP contribution in [0.15, 0.2) is 0 Å². The summed E-state index contributed by atoms with van der Waals surface area (Å²) in [7, 11) is 0. The van der Waals surface area contributed by atoms with E-state index in [0.717, 1.165) is 64.2 Å². The Kier molecular flexibility index (Phi) is 44.1. The molecule has 0 radical (unpaired) electrons. The van der Waals surface area contributed by atoms with Gasteiger partial charge in [0.25, 0.3) is 0 Å². The number of hydrogen-bond donors (Lipinski definition) is 6. The lowest BCUT2D eigenvalue weighted by molar-refractivity contribution is -0.204. The fourth-order valence-electron chi connectivity index (χ4n) is 9.65. The lowest BCUT2D eigenvalue weighted by atomic mass is 9.69. The summed E-state index contributed by atoms with van der Waals surface area (Å²) < 4.78 is 0. The van der Waals surface area contributed by atoms with Gasteiger partial charge in [-0.25, -0.2) is 0 Å². The average molecular weight is 939 g/mol. The molecule has 0 aromatic carbocycles. The third-order valence-corrected chi connectivity index (χ3v) is 14.3. The highest BCUT2D eigenvalue weighted by atomic mass is 16.4. The van der Waals surface area contributed by atoms with E-state index in [0.29, 0.717) is 32.1 Å². The first kappa shape index (κ1) is 64.8. The van der Waals surface area contributed by atoms with Gasteiger partial charge in [-0.3, -0.25) is 14.4 Å². The maximum absolute atomic E-state index is 14.0. The number of Topliss-reactive ketones (excluding diaryl/α,β-unsaturated/α-hetero) is 3. The normalized spacial score (nSPS) is 15.0. The highest BCUT2D eigenvalue weighted by molar-refractivity contribution is 6.19. The predicted octanol–water partition coefficient (Wildman–Crippen LogP) is 13.8. The van der Waals surface area contributed by atoms with Crippen LogP contribution in [0.2, 0.25) is 0 Å². The zero-order valence-electron chi connectivity index (χ0n) is 43.7. The van der Waals surface area contributed by atoms with E-state index in [-0.39, 0.29) is 19.3 Å². The number of aliphatic hydroxyl groups excluding tert-OH is 4. The minimum Gasteiger partial charge on any atom is -0.393 e. The van der Waals surface area contributed by atoms with Gasteiger partial charge in [0.1, 0.15) is 18.3 Å². The van der Waals surface area contributed by atoms with Crippen LogP contribution in [0.4, 0.5) is 0 Å². The summed E-state index contributed by atoms with van der Waals surface area (Å²) in [5, 5.41) is 67.4. The molecule has 0 saturated carbocycles. The molecule has 0 rings (SSSR count). The van der Waals surface area contributed by atoms with E-state index in [9.17, 15) is 45.0 Å². The third kappa shape index (κ3) is 30.4. The van der Waals surface area contributed by atoms with Crippen molar-refractivity contribution in [3.05, 3.63) is 0 Å². The molecule has 0 heterocycles. The van der Waals surface area contributed by atoms with Crippen molar-refractivity contribution in [3.8, 4) is 0 Å². The zero-order chi connectivity index (χ0) is 49.0. The topological polar surface area (TPSA) is 173 Å². The maximum Gasteiger partial charge on any atom is 0.225 e. The second kappa shape index (κ2) is 44.9. The molecule has 0 aliphatic carbocycles. The van der Waals surface area contributed by atoms with E-state index in [2.05, 4.69) is 20.8 Å². The molecular weight excluding hydrogens is 829 g/mol. The molecule has 9 nitrogen and oxygen atoms in total. The van der Waals surface area contributed by atoms with Gasteiger partial charge in [0.2, 0.25) is 17.2 Å². The van der Waals surface area contributed by atoms with Gasteiger partial charge in [-0.1, -0.05) is 290 Å². The van der Waals surface area contributed by atoms with Crippen LogP contribution in [0.3, 0.4) is 0 Å². The number of carbonyl (C=O) groups is 3. The quantitative estimate of drug-likeness (QED) is 0.0256. The van der Waals surface area contributed by atoms with Gasteiger partial charge in [0.05, 0.1) is 6.61 Å². The highest BCUT2D eigenvalue weighted by Gasteiger charge is 2.66. The molecule has 66 heavy (non-hydrogen) atoms. The van der Waals surface area contributed by atoms with Gasteiger partial charge in [-0.05, 0) is 19.3 Å². The lowest BCUT2D eigenvalue weighted by Crippen LogP contribution is -2.74. The molecule has 392 valence electrons. The fraction of sp³-hybridized carbons (Fsp3) is 0.947. The first-order valence-electron chi connectivity index (χ1n) is 28.7. The number of unbranched alkanes of at least 4 members (excludes halogenated alkanes) is 39. The Labute approximate surface area is 406 Å². The Balaban J connectivity index is 5.24. The van der Waals surface area contributed by atoms with Crippen molar-refractivity contribution in [2.75, 3.05) is 6.61 Å². The van der Waals surface area contributed by atoms with E-state index < -0.39 is 53.5 Å². The number of carbonyl (C=O) groups excluding carboxylic acids is 3. The van der Waals surface area contributed by atoms with Crippen LogP contribution in [0.5, 0.6) is 0 Å². The van der Waals surface area contributed by atoms with Crippen LogP contribution in [0.1, 0.15) is 310 Å². The molecule has 0 aliphatic heterocycles. The van der Waals surface area contributed by atoms with Gasteiger partial charge >= 0.3 is 0 Å². The van der Waals surface area contributed by atoms with Crippen molar-refractivity contribution < 1.29 is 45.0 Å². The van der Waals surface area contributed by atoms with Gasteiger partial charge in [-0.15, -0.1) is 0 Å². The second-order valence-electron chi connectivity index (χ2n) is 20.5. The van der Waals surface area contributed by atoms with Crippen LogP contribution >= 0.6 is 0 Å². The van der Waals surface area contributed by atoms with Crippen molar-refractivity contribution in [1.29, 1.82) is 0 Å². The Morgan fingerprint density at radius 1 is 0.303 bits per heavy atom. The minimum atomic E-state index is -3.65. The molecular formula is C57H110O9. The third-order valence-electron chi connectivity index (χ3n) is 14.3. The molecule has 0 fully saturated rings. The maximum atomic E-state index is 14.0. The summed E-state index contributed by atoms with van der Waals surface area (Å²) >= 11 is 0. The van der Waals surface area contributed by atoms with Gasteiger partial charge < -0.3 is 30.6 Å². The number of hydrogen-bond acceptors (Lipinski definition) is 9. The van der Waals surface area contributed by atoms with Crippen LogP contribution in [0, 0.1) is 0 Å². The van der Waals surface area contributed by atoms with Gasteiger partial charge in [0.15, 0.2) is 11.4 Å². The first-order valence-corrected chi connectivity index (χ1v) is 28.7. The molecule has 6 N–H and O–H groups in total. The van der Waals surface area contributed by atoms with E-state index in [1.54, 1.807) is 0 Å². The monoisotopic (exact) mass is 939 g/mol. The molecule has 0 aromatic heterocycles. The van der Waals surface area contributed by atoms with Crippen molar-refractivity contribution >= 4 is 17.3 Å². The predicted molar refractivity (Wildman–Crippen MR) is 275 cm³/mol. The van der Waals surface area contributed by atoms with E-state index in [1.807, 2.05) is 0 Å². The van der Waals surface area contributed by atoms with Crippen molar-refractivity contribution in [1.82, 2.24) is 0 Å². The summed E-state index contributed by atoms with van der Waals surface area (Å²) in [6, 6.07) is 0. The van der Waals surface area contributed by atoms with Crippen LogP contribution in [-0.2, 0) is 14.4 Å². The summed E-state index contributed by atoms with van der Waals surface area (Å²) in [6.45, 7) is 5.15. The van der Waals surface area contributed by atoms with Crippen LogP contribution < -0.4 is 0 Å². The minimum absolute atomic E-state index is 0.0964. The van der Waals surface area contributed by atoms with Crippen molar-refractivity contribution in [2.45, 2.75) is 339 Å². The summed E-state index contributed by atoms with van der Waals surface area (Å²) in [6.07, 6.45) is 40.9. The molecule has 0 bridgehead atoms. The average Bonchev–Trinajstić information content (AvgIpc) is 3.32. The largest absolute Gasteiger partial charge is 0.393 e. The molecule has 4 unspecified atom stereocenters. The van der Waals surface area contributed by atoms with Crippen molar-refractivity contribution in [2.24, 2.45) is 0 Å². The Hall–Kier alpha value is -1.23. The first-order chi connectivity index (χ1) is 32.0.